The molecular weight excluding hydrogens is 182 g/mol. The molecule has 0 aromatic heterocycles. The molecule has 4 nitrogen and oxygen atoms in total. The van der Waals surface area contributed by atoms with Crippen LogP contribution in [0.1, 0.15) is 34.6 Å². The third-order valence-corrected chi connectivity index (χ3v) is 1.71. The number of ether oxygens (including phenoxy) is 2. The smallest absolute Gasteiger partial charge is 0.163 e. The van der Waals surface area contributed by atoms with Crippen molar-refractivity contribution in [3.05, 3.63) is 0 Å². The zero-order chi connectivity index (χ0) is 10.8. The van der Waals surface area contributed by atoms with E-state index in [0.29, 0.717) is 13.2 Å². The van der Waals surface area contributed by atoms with Gasteiger partial charge in [-0.1, -0.05) is 0 Å². The fraction of sp³-hybridized carbons (Fsp3) is 1.00. The summed E-state index contributed by atoms with van der Waals surface area (Å²) in [6, 6.07) is 0. The van der Waals surface area contributed by atoms with Crippen molar-refractivity contribution >= 4 is 0 Å². The third kappa shape index (κ3) is 4.37. The Morgan fingerprint density at radius 1 is 1.43 bits per heavy atom. The van der Waals surface area contributed by atoms with Gasteiger partial charge in [-0.05, 0) is 34.6 Å². The quantitative estimate of drug-likeness (QED) is 0.705. The summed E-state index contributed by atoms with van der Waals surface area (Å²) in [4.78, 5) is 5.32. The molecule has 14 heavy (non-hydrogen) atoms. The van der Waals surface area contributed by atoms with Crippen LogP contribution in [-0.4, -0.2) is 30.6 Å². The predicted octanol–water partition coefficient (Wildman–Crippen LogP) is 1.46. The first-order chi connectivity index (χ1) is 6.29. The van der Waals surface area contributed by atoms with Crippen LogP contribution in [0.15, 0.2) is 0 Å². The van der Waals surface area contributed by atoms with Crippen molar-refractivity contribution < 1.29 is 14.3 Å². The monoisotopic (exact) mass is 203 g/mol. The minimum Gasteiger partial charge on any atom is -0.348 e. The highest BCUT2D eigenvalue weighted by molar-refractivity contribution is 4.70. The lowest BCUT2D eigenvalue weighted by molar-refractivity contribution is -0.151. The molecule has 1 heterocycles. The Morgan fingerprint density at radius 3 is 2.50 bits per heavy atom. The first-order valence-electron chi connectivity index (χ1n) is 4.99. The number of nitrogens with one attached hydrogen (secondary N) is 1. The second-order valence-corrected chi connectivity index (χ2v) is 5.11. The molecule has 1 unspecified atom stereocenters. The van der Waals surface area contributed by atoms with Crippen LogP contribution in [0.4, 0.5) is 0 Å². The van der Waals surface area contributed by atoms with Crippen molar-refractivity contribution in [2.45, 2.75) is 52.0 Å². The highest BCUT2D eigenvalue weighted by atomic mass is 16.8. The fourth-order valence-corrected chi connectivity index (χ4v) is 1.20. The molecule has 0 radical (unpaired) electrons. The minimum atomic E-state index is -0.463. The Balaban J connectivity index is 2.15. The average molecular weight is 203 g/mol. The molecule has 0 aromatic rings. The van der Waals surface area contributed by atoms with Crippen molar-refractivity contribution in [3.63, 3.8) is 0 Å². The van der Waals surface area contributed by atoms with E-state index in [1.54, 1.807) is 0 Å². The highest BCUT2D eigenvalue weighted by Gasteiger charge is 2.32. The van der Waals surface area contributed by atoms with E-state index >= 15 is 0 Å². The Labute approximate surface area is 85.9 Å². The van der Waals surface area contributed by atoms with Crippen LogP contribution >= 0.6 is 0 Å². The summed E-state index contributed by atoms with van der Waals surface area (Å²) in [6.07, 6.45) is 0.0276. The molecule has 0 bridgehead atoms. The second kappa shape index (κ2) is 4.14. The van der Waals surface area contributed by atoms with Gasteiger partial charge in [-0.3, -0.25) is 4.84 Å². The maximum absolute atomic E-state index is 5.58. The minimum absolute atomic E-state index is 0.0276. The van der Waals surface area contributed by atoms with Crippen LogP contribution < -0.4 is 5.48 Å². The average Bonchev–Trinajstić information content (AvgIpc) is 2.27. The maximum Gasteiger partial charge on any atom is 0.163 e. The molecule has 0 aromatic carbocycles. The Hall–Kier alpha value is -0.160. The topological polar surface area (TPSA) is 39.7 Å². The largest absolute Gasteiger partial charge is 0.348 e. The van der Waals surface area contributed by atoms with Crippen molar-refractivity contribution in [1.29, 1.82) is 0 Å². The van der Waals surface area contributed by atoms with Gasteiger partial charge in [-0.15, -0.1) is 0 Å². The maximum atomic E-state index is 5.58. The van der Waals surface area contributed by atoms with E-state index in [1.165, 1.54) is 0 Å². The number of hydrogen-bond acceptors (Lipinski definition) is 4. The molecule has 1 aliphatic rings. The summed E-state index contributed by atoms with van der Waals surface area (Å²) in [5.74, 6) is -0.463. The van der Waals surface area contributed by atoms with Crippen LogP contribution in [0.3, 0.4) is 0 Å². The zero-order valence-corrected chi connectivity index (χ0v) is 9.72. The summed E-state index contributed by atoms with van der Waals surface area (Å²) < 4.78 is 11.0. The number of hydroxylamine groups is 1. The molecule has 4 heteroatoms. The van der Waals surface area contributed by atoms with Gasteiger partial charge in [-0.2, -0.15) is 5.48 Å². The molecule has 1 atom stereocenters. The van der Waals surface area contributed by atoms with Crippen LogP contribution in [0.2, 0.25) is 0 Å². The molecule has 0 amide bonds. The molecule has 1 N–H and O–H groups in total. The lowest BCUT2D eigenvalue weighted by Crippen LogP contribution is -2.38. The van der Waals surface area contributed by atoms with Gasteiger partial charge in [0.1, 0.15) is 6.10 Å². The highest BCUT2D eigenvalue weighted by Crippen LogP contribution is 2.22. The summed E-state index contributed by atoms with van der Waals surface area (Å²) in [5.41, 5.74) is 2.91. The van der Waals surface area contributed by atoms with E-state index in [9.17, 15) is 0 Å². The van der Waals surface area contributed by atoms with E-state index in [2.05, 4.69) is 5.48 Å². The Bertz CT molecular complexity index is 186. The van der Waals surface area contributed by atoms with Crippen LogP contribution in [0, 0.1) is 0 Å². The molecule has 1 saturated heterocycles. The van der Waals surface area contributed by atoms with Gasteiger partial charge in [-0.25, -0.2) is 0 Å². The lowest BCUT2D eigenvalue weighted by atomic mass is 10.1. The van der Waals surface area contributed by atoms with Gasteiger partial charge in [0.15, 0.2) is 5.79 Å². The van der Waals surface area contributed by atoms with Crippen molar-refractivity contribution in [2.75, 3.05) is 13.2 Å². The Morgan fingerprint density at radius 2 is 2.07 bits per heavy atom. The SMILES string of the molecule is CC(C)(C)NOCC1COC(C)(C)O1. The van der Waals surface area contributed by atoms with Gasteiger partial charge < -0.3 is 9.47 Å². The van der Waals surface area contributed by atoms with Crippen LogP contribution in [-0.2, 0) is 14.3 Å². The van der Waals surface area contributed by atoms with Crippen molar-refractivity contribution in [3.8, 4) is 0 Å². The summed E-state index contributed by atoms with van der Waals surface area (Å²) >= 11 is 0. The fourth-order valence-electron chi connectivity index (χ4n) is 1.20. The zero-order valence-electron chi connectivity index (χ0n) is 9.72. The molecule has 0 saturated carbocycles. The summed E-state index contributed by atoms with van der Waals surface area (Å²) in [5, 5.41) is 0. The van der Waals surface area contributed by atoms with Crippen molar-refractivity contribution in [2.24, 2.45) is 0 Å². The lowest BCUT2D eigenvalue weighted by Gasteiger charge is -2.21. The number of rotatable bonds is 3. The molecule has 84 valence electrons. The van der Waals surface area contributed by atoms with Gasteiger partial charge in [0.25, 0.3) is 0 Å². The summed E-state index contributed by atoms with van der Waals surface area (Å²) in [7, 11) is 0. The van der Waals surface area contributed by atoms with Crippen LogP contribution in [0.5, 0.6) is 0 Å². The third-order valence-electron chi connectivity index (χ3n) is 1.71. The predicted molar refractivity (Wildman–Crippen MR) is 53.7 cm³/mol. The normalized spacial score (nSPS) is 26.8. The molecule has 0 aliphatic carbocycles. The first kappa shape index (κ1) is 11.9. The molecular formula is C10H21NO3. The summed E-state index contributed by atoms with van der Waals surface area (Å²) in [6.45, 7) is 11.1. The van der Waals surface area contributed by atoms with Gasteiger partial charge in [0.05, 0.1) is 13.2 Å². The van der Waals surface area contributed by atoms with E-state index in [1.807, 2.05) is 34.6 Å². The van der Waals surface area contributed by atoms with E-state index < -0.39 is 5.79 Å². The number of hydrogen-bond donors (Lipinski definition) is 1. The van der Waals surface area contributed by atoms with E-state index in [4.69, 9.17) is 14.3 Å². The molecule has 0 spiro atoms. The van der Waals surface area contributed by atoms with E-state index in [0.717, 1.165) is 0 Å². The van der Waals surface area contributed by atoms with Gasteiger partial charge in [0.2, 0.25) is 0 Å². The van der Waals surface area contributed by atoms with Gasteiger partial charge in [0, 0.05) is 5.54 Å². The van der Waals surface area contributed by atoms with Crippen LogP contribution in [0.25, 0.3) is 0 Å². The second-order valence-electron chi connectivity index (χ2n) is 5.11. The Kier molecular flexibility index (Phi) is 3.53. The first-order valence-corrected chi connectivity index (χ1v) is 4.99. The van der Waals surface area contributed by atoms with Gasteiger partial charge >= 0.3 is 0 Å². The molecule has 1 rings (SSSR count). The molecule has 1 fully saturated rings. The standard InChI is InChI=1S/C10H21NO3/c1-9(2,3)11-13-7-8-6-12-10(4,5)14-8/h8,11H,6-7H2,1-5H3. The van der Waals surface area contributed by atoms with E-state index in [-0.39, 0.29) is 11.6 Å². The molecule has 1 aliphatic heterocycles. The van der Waals surface area contributed by atoms with Crippen molar-refractivity contribution in [1.82, 2.24) is 5.48 Å².